The molecule has 0 unspecified atom stereocenters. The zero-order chi connectivity index (χ0) is 12.3. The van der Waals surface area contributed by atoms with Gasteiger partial charge in [0.15, 0.2) is 0 Å². The smallest absolute Gasteiger partial charge is 0.223 e. The number of amides is 1. The number of hydrogen-bond donors (Lipinski definition) is 1. The Morgan fingerprint density at radius 3 is 2.65 bits per heavy atom. The summed E-state index contributed by atoms with van der Waals surface area (Å²) in [5.41, 5.74) is 2.40. The van der Waals surface area contributed by atoms with Crippen LogP contribution in [0, 0.1) is 12.8 Å². The largest absolute Gasteiger partial charge is 0.350 e. The Morgan fingerprint density at radius 2 is 2.06 bits per heavy atom. The van der Waals surface area contributed by atoms with Gasteiger partial charge in [-0.15, -0.1) is 0 Å². The molecule has 1 heterocycles. The van der Waals surface area contributed by atoms with E-state index < -0.39 is 0 Å². The summed E-state index contributed by atoms with van der Waals surface area (Å²) in [6.45, 7) is 2.73. The highest BCUT2D eigenvalue weighted by molar-refractivity contribution is 5.78. The first-order valence-electron chi connectivity index (χ1n) is 6.57. The second-order valence-electron chi connectivity index (χ2n) is 5.08. The third kappa shape index (κ3) is 2.90. The van der Waals surface area contributed by atoms with Crippen LogP contribution in [0.15, 0.2) is 12.1 Å². The molecule has 1 fully saturated rings. The molecule has 3 nitrogen and oxygen atoms in total. The van der Waals surface area contributed by atoms with Gasteiger partial charge in [-0.05, 0) is 31.9 Å². The van der Waals surface area contributed by atoms with Crippen LogP contribution in [0.2, 0.25) is 0 Å². The standard InChI is InChI=1S/C14H22N2O/c1-11-8-9-13(16(11)2)10-15-14(17)12-6-4-3-5-7-12/h8-9,12H,3-7,10H2,1-2H3,(H,15,17). The zero-order valence-electron chi connectivity index (χ0n) is 10.8. The Hall–Kier alpha value is -1.25. The molecule has 1 aromatic heterocycles. The summed E-state index contributed by atoms with van der Waals surface area (Å²) in [5, 5.41) is 3.06. The summed E-state index contributed by atoms with van der Waals surface area (Å²) in [6.07, 6.45) is 5.85. The Morgan fingerprint density at radius 1 is 1.35 bits per heavy atom. The predicted octanol–water partition coefficient (Wildman–Crippen LogP) is 2.53. The minimum atomic E-state index is 0.239. The predicted molar refractivity (Wildman–Crippen MR) is 68.6 cm³/mol. The summed E-state index contributed by atoms with van der Waals surface area (Å²) in [7, 11) is 2.04. The number of rotatable bonds is 3. The lowest BCUT2D eigenvalue weighted by Gasteiger charge is -2.20. The van der Waals surface area contributed by atoms with E-state index in [4.69, 9.17) is 0 Å². The van der Waals surface area contributed by atoms with Gasteiger partial charge in [0.2, 0.25) is 5.91 Å². The molecule has 0 bridgehead atoms. The normalized spacial score (nSPS) is 17.1. The maximum atomic E-state index is 12.0. The minimum Gasteiger partial charge on any atom is -0.350 e. The molecule has 3 heteroatoms. The summed E-state index contributed by atoms with van der Waals surface area (Å²) in [6, 6.07) is 4.17. The van der Waals surface area contributed by atoms with Gasteiger partial charge in [0, 0.05) is 24.4 Å². The maximum absolute atomic E-state index is 12.0. The zero-order valence-corrected chi connectivity index (χ0v) is 10.8. The molecular weight excluding hydrogens is 212 g/mol. The van der Waals surface area contributed by atoms with Crippen LogP contribution in [0.25, 0.3) is 0 Å². The van der Waals surface area contributed by atoms with Gasteiger partial charge in [-0.25, -0.2) is 0 Å². The highest BCUT2D eigenvalue weighted by Crippen LogP contribution is 2.23. The van der Waals surface area contributed by atoms with Crippen molar-refractivity contribution in [2.75, 3.05) is 0 Å². The Balaban J connectivity index is 1.85. The lowest BCUT2D eigenvalue weighted by Crippen LogP contribution is -2.32. The van der Waals surface area contributed by atoms with Gasteiger partial charge in [-0.1, -0.05) is 19.3 Å². The highest BCUT2D eigenvalue weighted by atomic mass is 16.1. The monoisotopic (exact) mass is 234 g/mol. The fourth-order valence-corrected chi connectivity index (χ4v) is 2.53. The van der Waals surface area contributed by atoms with Crippen LogP contribution in [0.3, 0.4) is 0 Å². The average molecular weight is 234 g/mol. The quantitative estimate of drug-likeness (QED) is 0.856. The summed E-state index contributed by atoms with van der Waals surface area (Å²) >= 11 is 0. The van der Waals surface area contributed by atoms with Crippen molar-refractivity contribution in [3.8, 4) is 0 Å². The molecule has 94 valence electrons. The van der Waals surface area contributed by atoms with E-state index in [9.17, 15) is 4.79 Å². The van der Waals surface area contributed by atoms with E-state index >= 15 is 0 Å². The first-order valence-corrected chi connectivity index (χ1v) is 6.57. The van der Waals surface area contributed by atoms with E-state index in [1.54, 1.807) is 0 Å². The number of hydrogen-bond acceptors (Lipinski definition) is 1. The second kappa shape index (κ2) is 5.39. The summed E-state index contributed by atoms with van der Waals surface area (Å²) in [4.78, 5) is 12.0. The van der Waals surface area contributed by atoms with Gasteiger partial charge >= 0.3 is 0 Å². The number of carbonyl (C=O) groups is 1. The SMILES string of the molecule is Cc1ccc(CNC(=O)C2CCCCC2)n1C. The number of nitrogens with zero attached hydrogens (tertiary/aromatic N) is 1. The number of carbonyl (C=O) groups excluding carboxylic acids is 1. The van der Waals surface area contributed by atoms with Gasteiger partial charge in [-0.3, -0.25) is 4.79 Å². The van der Waals surface area contributed by atoms with Crippen molar-refractivity contribution in [2.45, 2.75) is 45.6 Å². The molecule has 1 amide bonds. The molecule has 2 rings (SSSR count). The fourth-order valence-electron chi connectivity index (χ4n) is 2.53. The molecule has 1 saturated carbocycles. The van der Waals surface area contributed by atoms with Crippen LogP contribution in [0.5, 0.6) is 0 Å². The van der Waals surface area contributed by atoms with Crippen molar-refractivity contribution < 1.29 is 4.79 Å². The molecule has 0 radical (unpaired) electrons. The minimum absolute atomic E-state index is 0.239. The van der Waals surface area contributed by atoms with Crippen molar-refractivity contribution in [3.05, 3.63) is 23.5 Å². The lowest BCUT2D eigenvalue weighted by atomic mass is 9.89. The van der Waals surface area contributed by atoms with Crippen molar-refractivity contribution in [2.24, 2.45) is 13.0 Å². The van der Waals surface area contributed by atoms with Crippen molar-refractivity contribution >= 4 is 5.91 Å². The lowest BCUT2D eigenvalue weighted by molar-refractivity contribution is -0.126. The molecule has 0 atom stereocenters. The first-order chi connectivity index (χ1) is 8.18. The van der Waals surface area contributed by atoms with Crippen molar-refractivity contribution in [1.82, 2.24) is 9.88 Å². The molecule has 1 aliphatic rings. The third-order valence-electron chi connectivity index (χ3n) is 3.90. The molecule has 17 heavy (non-hydrogen) atoms. The van der Waals surface area contributed by atoms with E-state index in [1.165, 1.54) is 30.7 Å². The Kier molecular flexibility index (Phi) is 3.87. The van der Waals surface area contributed by atoms with Gasteiger partial charge in [0.1, 0.15) is 0 Å². The molecule has 0 saturated heterocycles. The van der Waals surface area contributed by atoms with Crippen LogP contribution in [-0.2, 0) is 18.4 Å². The Labute approximate surface area is 103 Å². The fraction of sp³-hybridized carbons (Fsp3) is 0.643. The average Bonchev–Trinajstić information content (AvgIpc) is 2.68. The highest BCUT2D eigenvalue weighted by Gasteiger charge is 2.20. The third-order valence-corrected chi connectivity index (χ3v) is 3.90. The Bertz CT molecular complexity index is 389. The second-order valence-corrected chi connectivity index (χ2v) is 5.08. The topological polar surface area (TPSA) is 34.0 Å². The first kappa shape index (κ1) is 12.2. The van der Waals surface area contributed by atoms with Crippen LogP contribution in [0.1, 0.15) is 43.5 Å². The molecular formula is C14H22N2O. The van der Waals surface area contributed by atoms with E-state index in [2.05, 4.69) is 28.9 Å². The van der Waals surface area contributed by atoms with E-state index in [0.29, 0.717) is 6.54 Å². The van der Waals surface area contributed by atoms with Crippen LogP contribution >= 0.6 is 0 Å². The molecule has 0 aliphatic heterocycles. The van der Waals surface area contributed by atoms with E-state index in [-0.39, 0.29) is 11.8 Å². The van der Waals surface area contributed by atoms with Gasteiger partial charge in [-0.2, -0.15) is 0 Å². The van der Waals surface area contributed by atoms with Gasteiger partial charge in [0.25, 0.3) is 0 Å². The van der Waals surface area contributed by atoms with E-state index in [1.807, 2.05) is 7.05 Å². The summed E-state index contributed by atoms with van der Waals surface area (Å²) < 4.78 is 2.13. The van der Waals surface area contributed by atoms with Crippen molar-refractivity contribution in [3.63, 3.8) is 0 Å². The van der Waals surface area contributed by atoms with Crippen LogP contribution in [-0.4, -0.2) is 10.5 Å². The molecule has 1 N–H and O–H groups in total. The van der Waals surface area contributed by atoms with Crippen molar-refractivity contribution in [1.29, 1.82) is 0 Å². The molecule has 0 aromatic carbocycles. The van der Waals surface area contributed by atoms with Crippen LogP contribution < -0.4 is 5.32 Å². The van der Waals surface area contributed by atoms with Gasteiger partial charge in [0.05, 0.1) is 6.54 Å². The number of nitrogens with one attached hydrogen (secondary N) is 1. The summed E-state index contributed by atoms with van der Waals surface area (Å²) in [5.74, 6) is 0.494. The van der Waals surface area contributed by atoms with Crippen LogP contribution in [0.4, 0.5) is 0 Å². The van der Waals surface area contributed by atoms with Gasteiger partial charge < -0.3 is 9.88 Å². The molecule has 1 aromatic rings. The molecule has 1 aliphatic carbocycles. The maximum Gasteiger partial charge on any atom is 0.223 e. The van der Waals surface area contributed by atoms with E-state index in [0.717, 1.165) is 12.8 Å². The number of aromatic nitrogens is 1. The molecule has 0 spiro atoms. The number of aryl methyl sites for hydroxylation is 1.